The van der Waals surface area contributed by atoms with Crippen molar-refractivity contribution in [1.29, 1.82) is 0 Å². The Kier molecular flexibility index (Phi) is 6.13. The second-order valence-corrected chi connectivity index (χ2v) is 9.94. The molecule has 5 rings (SSSR count). The van der Waals surface area contributed by atoms with Crippen LogP contribution in [-0.2, 0) is 24.6 Å². The topological polar surface area (TPSA) is 89.5 Å². The number of fused-ring (bicyclic) bond motifs is 2. The molecule has 4 heterocycles. The molecule has 186 valence electrons. The summed E-state index contributed by atoms with van der Waals surface area (Å²) in [5.74, 6) is 0.773. The van der Waals surface area contributed by atoms with Crippen molar-refractivity contribution in [2.45, 2.75) is 50.5 Å². The van der Waals surface area contributed by atoms with E-state index >= 15 is 0 Å². The SMILES string of the molecule is CC[C@@H]1CN2CC[C@@]34OCCO[C@@]3(Nc3cc(C)cc(OC)c34)[C@@H]2C[C@@H]1/C(=C\OC)C(=O)CO. The van der Waals surface area contributed by atoms with Gasteiger partial charge in [-0.05, 0) is 49.3 Å². The highest BCUT2D eigenvalue weighted by atomic mass is 16.6. The summed E-state index contributed by atoms with van der Waals surface area (Å²) in [6, 6.07) is 4.17. The number of aliphatic hydroxyl groups is 1. The Morgan fingerprint density at radius 1 is 1.32 bits per heavy atom. The molecule has 4 aliphatic rings. The molecule has 1 aromatic rings. The Hall–Kier alpha value is -2.13. The maximum Gasteiger partial charge on any atom is 0.188 e. The Bertz CT molecular complexity index is 996. The van der Waals surface area contributed by atoms with E-state index in [0.29, 0.717) is 25.2 Å². The summed E-state index contributed by atoms with van der Waals surface area (Å²) < 4.78 is 24.5. The number of anilines is 1. The minimum absolute atomic E-state index is 0.0292. The highest BCUT2D eigenvalue weighted by Gasteiger charge is 2.70. The van der Waals surface area contributed by atoms with Crippen LogP contribution in [0, 0.1) is 18.8 Å². The van der Waals surface area contributed by atoms with Crippen LogP contribution in [0.3, 0.4) is 0 Å². The zero-order valence-corrected chi connectivity index (χ0v) is 20.6. The number of piperidine rings is 2. The van der Waals surface area contributed by atoms with Gasteiger partial charge in [0.1, 0.15) is 18.0 Å². The number of aryl methyl sites for hydroxylation is 1. The fourth-order valence-electron chi connectivity index (χ4n) is 6.98. The summed E-state index contributed by atoms with van der Waals surface area (Å²) in [5.41, 5.74) is 2.24. The Morgan fingerprint density at radius 2 is 2.12 bits per heavy atom. The van der Waals surface area contributed by atoms with Gasteiger partial charge in [0, 0.05) is 24.4 Å². The summed E-state index contributed by atoms with van der Waals surface area (Å²) in [6.07, 6.45) is 3.95. The summed E-state index contributed by atoms with van der Waals surface area (Å²) in [5, 5.41) is 13.4. The third-order valence-corrected chi connectivity index (χ3v) is 8.36. The van der Waals surface area contributed by atoms with Gasteiger partial charge in [-0.2, -0.15) is 0 Å². The molecule has 3 fully saturated rings. The number of hydrogen-bond donors (Lipinski definition) is 2. The van der Waals surface area contributed by atoms with Gasteiger partial charge in [0.25, 0.3) is 0 Å². The lowest BCUT2D eigenvalue weighted by atomic mass is 9.66. The van der Waals surface area contributed by atoms with E-state index in [1.165, 1.54) is 6.26 Å². The van der Waals surface area contributed by atoms with Crippen molar-refractivity contribution in [1.82, 2.24) is 4.90 Å². The van der Waals surface area contributed by atoms with Crippen LogP contribution in [0.15, 0.2) is 24.0 Å². The number of nitrogens with zero attached hydrogens (tertiary/aromatic N) is 1. The molecule has 5 atom stereocenters. The molecule has 1 aromatic carbocycles. The van der Waals surface area contributed by atoms with Crippen LogP contribution in [0.2, 0.25) is 0 Å². The quantitative estimate of drug-likeness (QED) is 0.483. The molecule has 0 saturated carbocycles. The first kappa shape index (κ1) is 23.6. The standard InChI is InChI=1S/C26H36N2O6/c1-5-17-13-28-7-6-25-24-20(10-16(2)11-22(24)32-4)27-26(25,34-9-8-33-25)23(28)12-18(17)19(15-31-3)21(30)14-29/h10-11,15,17-18,23,27,29H,5-9,12-14H2,1-4H3/b19-15+/t17-,18+,23+,25+,26+/m1/s1. The van der Waals surface area contributed by atoms with E-state index in [9.17, 15) is 9.90 Å². The van der Waals surface area contributed by atoms with Crippen molar-refractivity contribution in [3.63, 3.8) is 0 Å². The van der Waals surface area contributed by atoms with Crippen molar-refractivity contribution < 1.29 is 28.8 Å². The molecule has 0 bridgehead atoms. The van der Waals surface area contributed by atoms with E-state index in [0.717, 1.165) is 48.5 Å². The van der Waals surface area contributed by atoms with E-state index in [1.807, 2.05) is 0 Å². The maximum absolute atomic E-state index is 12.7. The summed E-state index contributed by atoms with van der Waals surface area (Å²) >= 11 is 0. The number of carbonyl (C=O) groups is 1. The van der Waals surface area contributed by atoms with Crippen LogP contribution in [0.25, 0.3) is 0 Å². The highest BCUT2D eigenvalue weighted by molar-refractivity contribution is 5.96. The molecule has 0 spiro atoms. The lowest BCUT2D eigenvalue weighted by Crippen LogP contribution is -2.75. The van der Waals surface area contributed by atoms with Crippen molar-refractivity contribution in [2.24, 2.45) is 11.8 Å². The first-order chi connectivity index (χ1) is 16.4. The van der Waals surface area contributed by atoms with Gasteiger partial charge in [-0.15, -0.1) is 0 Å². The monoisotopic (exact) mass is 472 g/mol. The first-order valence-electron chi connectivity index (χ1n) is 12.3. The molecule has 0 aliphatic carbocycles. The van der Waals surface area contributed by atoms with Crippen molar-refractivity contribution in [3.05, 3.63) is 35.1 Å². The number of carbonyl (C=O) groups excluding carboxylic acids is 1. The van der Waals surface area contributed by atoms with Crippen LogP contribution in [-0.4, -0.2) is 74.7 Å². The molecule has 2 N–H and O–H groups in total. The van der Waals surface area contributed by atoms with Crippen molar-refractivity contribution >= 4 is 11.5 Å². The maximum atomic E-state index is 12.7. The number of methoxy groups -OCH3 is 2. The van der Waals surface area contributed by atoms with Crippen molar-refractivity contribution in [2.75, 3.05) is 52.4 Å². The van der Waals surface area contributed by atoms with Crippen LogP contribution < -0.4 is 10.1 Å². The zero-order chi connectivity index (χ0) is 24.1. The van der Waals surface area contributed by atoms with Gasteiger partial charge < -0.3 is 29.4 Å². The molecule has 0 amide bonds. The first-order valence-corrected chi connectivity index (χ1v) is 12.3. The van der Waals surface area contributed by atoms with E-state index in [-0.39, 0.29) is 23.7 Å². The third-order valence-electron chi connectivity index (χ3n) is 8.36. The summed E-state index contributed by atoms with van der Waals surface area (Å²) in [4.78, 5) is 15.2. The highest BCUT2D eigenvalue weighted by Crippen LogP contribution is 2.61. The van der Waals surface area contributed by atoms with E-state index < -0.39 is 17.9 Å². The number of nitrogens with one attached hydrogen (secondary N) is 1. The van der Waals surface area contributed by atoms with Crippen LogP contribution in [0.5, 0.6) is 5.75 Å². The molecular formula is C26H36N2O6. The molecule has 4 aliphatic heterocycles. The zero-order valence-electron chi connectivity index (χ0n) is 20.6. The summed E-state index contributed by atoms with van der Waals surface area (Å²) in [6.45, 7) is 6.43. The predicted octanol–water partition coefficient (Wildman–Crippen LogP) is 2.58. The lowest BCUT2D eigenvalue weighted by Gasteiger charge is -2.61. The average molecular weight is 473 g/mol. The number of rotatable bonds is 6. The second kappa shape index (κ2) is 8.82. The van der Waals surface area contributed by atoms with Crippen molar-refractivity contribution in [3.8, 4) is 5.75 Å². The van der Waals surface area contributed by atoms with Gasteiger partial charge in [-0.1, -0.05) is 13.3 Å². The molecule has 0 aromatic heterocycles. The van der Waals surface area contributed by atoms with Crippen LogP contribution in [0.1, 0.15) is 37.3 Å². The van der Waals surface area contributed by atoms with Crippen LogP contribution in [0.4, 0.5) is 5.69 Å². The smallest absolute Gasteiger partial charge is 0.188 e. The minimum Gasteiger partial charge on any atom is -0.504 e. The molecule has 8 heteroatoms. The largest absolute Gasteiger partial charge is 0.504 e. The van der Waals surface area contributed by atoms with Gasteiger partial charge in [0.05, 0.1) is 45.3 Å². The predicted molar refractivity (Wildman–Crippen MR) is 127 cm³/mol. The van der Waals surface area contributed by atoms with Gasteiger partial charge in [-0.25, -0.2) is 0 Å². The molecule has 34 heavy (non-hydrogen) atoms. The third kappa shape index (κ3) is 3.22. The van der Waals surface area contributed by atoms with Gasteiger partial charge in [0.2, 0.25) is 0 Å². The van der Waals surface area contributed by atoms with E-state index in [1.54, 1.807) is 14.2 Å². The summed E-state index contributed by atoms with van der Waals surface area (Å²) in [7, 11) is 3.25. The number of Topliss-reactive ketones (excluding diaryl/α,β-unsaturated/α-hetero) is 1. The number of ketones is 1. The normalized spacial score (nSPS) is 34.9. The Balaban J connectivity index is 1.61. The van der Waals surface area contributed by atoms with Gasteiger partial charge >= 0.3 is 0 Å². The molecule has 0 unspecified atom stereocenters. The number of hydrogen-bond acceptors (Lipinski definition) is 8. The molecule has 8 nitrogen and oxygen atoms in total. The van der Waals surface area contributed by atoms with Gasteiger partial charge in [0.15, 0.2) is 11.5 Å². The minimum atomic E-state index is -0.787. The fourth-order valence-corrected chi connectivity index (χ4v) is 6.98. The molecular weight excluding hydrogens is 436 g/mol. The van der Waals surface area contributed by atoms with E-state index in [4.69, 9.17) is 18.9 Å². The lowest BCUT2D eigenvalue weighted by molar-refractivity contribution is -0.297. The number of benzene rings is 1. The van der Waals surface area contributed by atoms with E-state index in [2.05, 4.69) is 36.2 Å². The second-order valence-electron chi connectivity index (χ2n) is 9.94. The average Bonchev–Trinajstić information content (AvgIpc) is 3.16. The Labute approximate surface area is 201 Å². The van der Waals surface area contributed by atoms with Gasteiger partial charge in [-0.3, -0.25) is 9.69 Å². The fraction of sp³-hybridized carbons (Fsp3) is 0.654. The Morgan fingerprint density at radius 3 is 2.82 bits per heavy atom. The number of aliphatic hydroxyl groups excluding tert-OH is 1. The number of ether oxygens (including phenoxy) is 4. The van der Waals surface area contributed by atoms with Crippen LogP contribution >= 0.6 is 0 Å². The molecule has 0 radical (unpaired) electrons. The molecule has 3 saturated heterocycles.